The fraction of sp³-hybridized carbons (Fsp3) is 0.158. The van der Waals surface area contributed by atoms with Gasteiger partial charge in [0, 0.05) is 5.56 Å². The molecule has 0 spiro atoms. The third-order valence-electron chi connectivity index (χ3n) is 3.20. The van der Waals surface area contributed by atoms with Gasteiger partial charge in [-0.1, -0.05) is 55.1 Å². The maximum atomic E-state index is 5.91. The van der Waals surface area contributed by atoms with Gasteiger partial charge in [0.25, 0.3) is 0 Å². The predicted molar refractivity (Wildman–Crippen MR) is 86.4 cm³/mol. The van der Waals surface area contributed by atoms with Gasteiger partial charge in [0.1, 0.15) is 5.75 Å². The molecule has 0 aliphatic heterocycles. The summed E-state index contributed by atoms with van der Waals surface area (Å²) in [6.07, 6.45) is 4.91. The molecule has 2 rings (SSSR count). The fourth-order valence-electron chi connectivity index (χ4n) is 2.17. The van der Waals surface area contributed by atoms with E-state index in [4.69, 9.17) is 9.47 Å². The van der Waals surface area contributed by atoms with E-state index in [1.54, 1.807) is 25.5 Å². The fourth-order valence-corrected chi connectivity index (χ4v) is 2.17. The SMILES string of the molecule is C=CC=COC(c1ccccc1)c1ccc(C)cc1OC. The van der Waals surface area contributed by atoms with Gasteiger partial charge in [0.15, 0.2) is 6.10 Å². The van der Waals surface area contributed by atoms with Crippen molar-refractivity contribution >= 4 is 0 Å². The zero-order valence-electron chi connectivity index (χ0n) is 12.5. The second kappa shape index (κ2) is 7.34. The van der Waals surface area contributed by atoms with Crippen molar-refractivity contribution in [1.29, 1.82) is 0 Å². The topological polar surface area (TPSA) is 18.5 Å². The summed E-state index contributed by atoms with van der Waals surface area (Å²) in [5.74, 6) is 0.829. The highest BCUT2D eigenvalue weighted by molar-refractivity contribution is 5.43. The smallest absolute Gasteiger partial charge is 0.151 e. The van der Waals surface area contributed by atoms with Crippen molar-refractivity contribution in [2.75, 3.05) is 7.11 Å². The molecule has 1 atom stereocenters. The molecule has 0 aromatic heterocycles. The molecule has 0 saturated heterocycles. The quantitative estimate of drug-likeness (QED) is 0.558. The monoisotopic (exact) mass is 280 g/mol. The van der Waals surface area contributed by atoms with Crippen LogP contribution in [0.4, 0.5) is 0 Å². The van der Waals surface area contributed by atoms with E-state index in [0.29, 0.717) is 0 Å². The van der Waals surface area contributed by atoms with E-state index in [-0.39, 0.29) is 6.10 Å². The lowest BCUT2D eigenvalue weighted by Crippen LogP contribution is -2.05. The predicted octanol–water partition coefficient (Wildman–Crippen LogP) is 4.81. The van der Waals surface area contributed by atoms with Crippen LogP contribution in [0.2, 0.25) is 0 Å². The molecule has 0 radical (unpaired) electrons. The number of allylic oxidation sites excluding steroid dienone is 2. The number of ether oxygens (including phenoxy) is 2. The van der Waals surface area contributed by atoms with Crippen molar-refractivity contribution in [3.05, 3.63) is 90.2 Å². The lowest BCUT2D eigenvalue weighted by molar-refractivity contribution is 0.179. The Morgan fingerprint density at radius 2 is 1.86 bits per heavy atom. The van der Waals surface area contributed by atoms with Crippen molar-refractivity contribution in [1.82, 2.24) is 0 Å². The van der Waals surface area contributed by atoms with E-state index in [9.17, 15) is 0 Å². The summed E-state index contributed by atoms with van der Waals surface area (Å²) in [7, 11) is 1.68. The first-order valence-electron chi connectivity index (χ1n) is 6.88. The number of hydrogen-bond acceptors (Lipinski definition) is 2. The van der Waals surface area contributed by atoms with E-state index in [1.807, 2.05) is 49.4 Å². The Balaban J connectivity index is 2.44. The van der Waals surface area contributed by atoms with Crippen molar-refractivity contribution in [3.63, 3.8) is 0 Å². The number of methoxy groups -OCH3 is 1. The highest BCUT2D eigenvalue weighted by Crippen LogP contribution is 2.33. The number of hydrogen-bond donors (Lipinski definition) is 0. The Kier molecular flexibility index (Phi) is 5.22. The second-order valence-corrected chi connectivity index (χ2v) is 4.74. The van der Waals surface area contributed by atoms with Crippen molar-refractivity contribution in [2.45, 2.75) is 13.0 Å². The van der Waals surface area contributed by atoms with Crippen molar-refractivity contribution in [3.8, 4) is 5.75 Å². The highest BCUT2D eigenvalue weighted by Gasteiger charge is 2.18. The zero-order chi connectivity index (χ0) is 15.1. The Hall–Kier alpha value is -2.48. The highest BCUT2D eigenvalue weighted by atomic mass is 16.5. The summed E-state index contributed by atoms with van der Waals surface area (Å²) >= 11 is 0. The van der Waals surface area contributed by atoms with Crippen LogP contribution < -0.4 is 4.74 Å². The minimum absolute atomic E-state index is 0.210. The minimum atomic E-state index is -0.210. The van der Waals surface area contributed by atoms with Crippen LogP contribution in [0, 0.1) is 6.92 Å². The van der Waals surface area contributed by atoms with Gasteiger partial charge in [-0.2, -0.15) is 0 Å². The molecule has 2 nitrogen and oxygen atoms in total. The minimum Gasteiger partial charge on any atom is -0.496 e. The maximum absolute atomic E-state index is 5.91. The zero-order valence-corrected chi connectivity index (χ0v) is 12.5. The molecular weight excluding hydrogens is 260 g/mol. The van der Waals surface area contributed by atoms with Gasteiger partial charge in [0.2, 0.25) is 0 Å². The van der Waals surface area contributed by atoms with E-state index in [2.05, 4.69) is 12.6 Å². The first-order chi connectivity index (χ1) is 10.3. The second-order valence-electron chi connectivity index (χ2n) is 4.74. The Labute approximate surface area is 126 Å². The van der Waals surface area contributed by atoms with Gasteiger partial charge in [-0.25, -0.2) is 0 Å². The van der Waals surface area contributed by atoms with Crippen molar-refractivity contribution < 1.29 is 9.47 Å². The summed E-state index contributed by atoms with van der Waals surface area (Å²) in [5.41, 5.74) is 3.24. The van der Waals surface area contributed by atoms with Gasteiger partial charge in [0.05, 0.1) is 13.4 Å². The van der Waals surface area contributed by atoms with Crippen LogP contribution in [0.1, 0.15) is 22.8 Å². The lowest BCUT2D eigenvalue weighted by atomic mass is 9.99. The average Bonchev–Trinajstić information content (AvgIpc) is 2.53. The van der Waals surface area contributed by atoms with Crippen LogP contribution in [0.15, 0.2) is 73.5 Å². The van der Waals surface area contributed by atoms with Crippen LogP contribution in [0.3, 0.4) is 0 Å². The first-order valence-corrected chi connectivity index (χ1v) is 6.88. The maximum Gasteiger partial charge on any atom is 0.151 e. The Morgan fingerprint density at radius 1 is 1.10 bits per heavy atom. The molecule has 2 heteroatoms. The average molecular weight is 280 g/mol. The molecule has 0 N–H and O–H groups in total. The molecule has 0 bridgehead atoms. The molecule has 108 valence electrons. The standard InChI is InChI=1S/C19H20O2/c1-4-5-13-21-19(16-9-7-6-8-10-16)17-12-11-15(2)14-18(17)20-3/h4-14,19H,1H2,2-3H3. The van der Waals surface area contributed by atoms with Crippen LogP contribution in [-0.4, -0.2) is 7.11 Å². The van der Waals surface area contributed by atoms with Crippen LogP contribution >= 0.6 is 0 Å². The number of aryl methyl sites for hydroxylation is 1. The van der Waals surface area contributed by atoms with Gasteiger partial charge in [-0.05, 0) is 30.2 Å². The molecule has 2 aromatic rings. The molecule has 0 saturated carbocycles. The summed E-state index contributed by atoms with van der Waals surface area (Å²) in [6, 6.07) is 16.2. The third kappa shape index (κ3) is 3.76. The van der Waals surface area contributed by atoms with E-state index in [0.717, 1.165) is 22.4 Å². The molecule has 0 aliphatic rings. The largest absolute Gasteiger partial charge is 0.496 e. The van der Waals surface area contributed by atoms with E-state index in [1.165, 1.54) is 0 Å². The molecule has 0 aliphatic carbocycles. The van der Waals surface area contributed by atoms with Gasteiger partial charge in [-0.15, -0.1) is 0 Å². The summed E-state index contributed by atoms with van der Waals surface area (Å²) in [5, 5.41) is 0. The van der Waals surface area contributed by atoms with Crippen LogP contribution in [0.5, 0.6) is 5.75 Å². The summed E-state index contributed by atoms with van der Waals surface area (Å²) < 4.78 is 11.4. The summed E-state index contributed by atoms with van der Waals surface area (Å²) in [4.78, 5) is 0. The third-order valence-corrected chi connectivity index (χ3v) is 3.20. The first kappa shape index (κ1) is 14.9. The molecule has 1 unspecified atom stereocenters. The molecule has 0 fully saturated rings. The lowest BCUT2D eigenvalue weighted by Gasteiger charge is -2.20. The van der Waals surface area contributed by atoms with Gasteiger partial charge >= 0.3 is 0 Å². The summed E-state index contributed by atoms with van der Waals surface area (Å²) in [6.45, 7) is 5.70. The van der Waals surface area contributed by atoms with E-state index >= 15 is 0 Å². The normalized spacial score (nSPS) is 12.1. The van der Waals surface area contributed by atoms with Crippen molar-refractivity contribution in [2.24, 2.45) is 0 Å². The van der Waals surface area contributed by atoms with Gasteiger partial charge in [-0.3, -0.25) is 0 Å². The van der Waals surface area contributed by atoms with Crippen LogP contribution in [0.25, 0.3) is 0 Å². The molecule has 0 amide bonds. The van der Waals surface area contributed by atoms with E-state index < -0.39 is 0 Å². The molecule has 0 heterocycles. The molecule has 2 aromatic carbocycles. The molecule has 21 heavy (non-hydrogen) atoms. The van der Waals surface area contributed by atoms with Crippen LogP contribution in [-0.2, 0) is 4.74 Å². The number of benzene rings is 2. The molecular formula is C19H20O2. The Bertz CT molecular complexity index is 615. The number of rotatable bonds is 6. The van der Waals surface area contributed by atoms with Gasteiger partial charge < -0.3 is 9.47 Å². The Morgan fingerprint density at radius 3 is 2.52 bits per heavy atom.